The lowest BCUT2D eigenvalue weighted by Gasteiger charge is -2.17. The Morgan fingerprint density at radius 3 is 2.71 bits per heavy atom. The Bertz CT molecular complexity index is 393. The van der Waals surface area contributed by atoms with Crippen molar-refractivity contribution in [3.8, 4) is 11.8 Å². The van der Waals surface area contributed by atoms with Crippen molar-refractivity contribution in [1.82, 2.24) is 0 Å². The number of ether oxygens (including phenoxy) is 1. The summed E-state index contributed by atoms with van der Waals surface area (Å²) in [5.41, 5.74) is 0.705. The molecule has 1 aromatic carbocycles. The molecule has 0 atom stereocenters. The Labute approximate surface area is 103 Å². The Hall–Kier alpha value is -1.69. The summed E-state index contributed by atoms with van der Waals surface area (Å²) in [6.45, 7) is 7.29. The molecule has 0 bridgehead atoms. The SMILES string of the molecule is CCOc1ccccc1NCCC(C)(C)C#N. The van der Waals surface area contributed by atoms with Crippen LogP contribution in [-0.4, -0.2) is 13.2 Å². The van der Waals surface area contributed by atoms with Gasteiger partial charge in [0.25, 0.3) is 0 Å². The van der Waals surface area contributed by atoms with Crippen LogP contribution in [0.3, 0.4) is 0 Å². The van der Waals surface area contributed by atoms with Crippen LogP contribution in [0, 0.1) is 16.7 Å². The number of hydrogen-bond donors (Lipinski definition) is 1. The summed E-state index contributed by atoms with van der Waals surface area (Å²) in [4.78, 5) is 0. The van der Waals surface area contributed by atoms with Crippen molar-refractivity contribution < 1.29 is 4.74 Å². The molecular formula is C14H20N2O. The summed E-state index contributed by atoms with van der Waals surface area (Å²) in [5.74, 6) is 0.866. The molecule has 0 saturated heterocycles. The highest BCUT2D eigenvalue weighted by Gasteiger charge is 2.15. The summed E-state index contributed by atoms with van der Waals surface area (Å²) >= 11 is 0. The maximum Gasteiger partial charge on any atom is 0.142 e. The van der Waals surface area contributed by atoms with Crippen LogP contribution in [0.4, 0.5) is 5.69 Å². The number of anilines is 1. The van der Waals surface area contributed by atoms with Crippen LogP contribution in [0.5, 0.6) is 5.75 Å². The fourth-order valence-electron chi connectivity index (χ4n) is 1.46. The first kappa shape index (κ1) is 13.4. The smallest absolute Gasteiger partial charge is 0.142 e. The first-order valence-electron chi connectivity index (χ1n) is 5.96. The monoisotopic (exact) mass is 232 g/mol. The van der Waals surface area contributed by atoms with Crippen molar-refractivity contribution in [1.29, 1.82) is 5.26 Å². The minimum absolute atomic E-state index is 0.284. The van der Waals surface area contributed by atoms with E-state index in [9.17, 15) is 0 Å². The highest BCUT2D eigenvalue weighted by molar-refractivity contribution is 5.56. The van der Waals surface area contributed by atoms with Crippen LogP contribution < -0.4 is 10.1 Å². The second-order valence-corrected chi connectivity index (χ2v) is 4.60. The maximum absolute atomic E-state index is 8.93. The lowest BCUT2D eigenvalue weighted by molar-refractivity contribution is 0.341. The summed E-state index contributed by atoms with van der Waals surface area (Å²) in [6.07, 6.45) is 0.809. The van der Waals surface area contributed by atoms with Gasteiger partial charge in [0.05, 0.1) is 23.8 Å². The van der Waals surface area contributed by atoms with E-state index in [1.807, 2.05) is 45.0 Å². The molecule has 92 valence electrons. The van der Waals surface area contributed by atoms with Gasteiger partial charge in [0.2, 0.25) is 0 Å². The Morgan fingerprint density at radius 1 is 1.35 bits per heavy atom. The van der Waals surface area contributed by atoms with E-state index < -0.39 is 0 Å². The minimum atomic E-state index is -0.284. The fourth-order valence-corrected chi connectivity index (χ4v) is 1.46. The second-order valence-electron chi connectivity index (χ2n) is 4.60. The number of nitrogens with zero attached hydrogens (tertiary/aromatic N) is 1. The average molecular weight is 232 g/mol. The van der Waals surface area contributed by atoms with Crippen molar-refractivity contribution in [2.45, 2.75) is 27.2 Å². The molecule has 0 aromatic heterocycles. The normalized spacial score (nSPS) is 10.7. The Kier molecular flexibility index (Phi) is 4.84. The molecule has 1 aromatic rings. The minimum Gasteiger partial charge on any atom is -0.492 e. The van der Waals surface area contributed by atoms with Crippen LogP contribution in [0.15, 0.2) is 24.3 Å². The van der Waals surface area contributed by atoms with Crippen molar-refractivity contribution in [2.24, 2.45) is 5.41 Å². The molecule has 0 fully saturated rings. The van der Waals surface area contributed by atoms with E-state index in [1.54, 1.807) is 0 Å². The molecule has 17 heavy (non-hydrogen) atoms. The topological polar surface area (TPSA) is 45.0 Å². The van der Waals surface area contributed by atoms with E-state index in [0.717, 1.165) is 24.4 Å². The van der Waals surface area contributed by atoms with Gasteiger partial charge < -0.3 is 10.1 Å². The van der Waals surface area contributed by atoms with Gasteiger partial charge in [-0.1, -0.05) is 12.1 Å². The van der Waals surface area contributed by atoms with E-state index in [2.05, 4.69) is 11.4 Å². The van der Waals surface area contributed by atoms with E-state index in [1.165, 1.54) is 0 Å². The third-order valence-electron chi connectivity index (χ3n) is 2.56. The molecule has 0 aliphatic heterocycles. The highest BCUT2D eigenvalue weighted by atomic mass is 16.5. The standard InChI is InChI=1S/C14H20N2O/c1-4-17-13-8-6-5-7-12(13)16-10-9-14(2,3)11-15/h5-8,16H,4,9-10H2,1-3H3. The van der Waals surface area contributed by atoms with Gasteiger partial charge in [-0.15, -0.1) is 0 Å². The molecule has 0 saturated carbocycles. The number of rotatable bonds is 6. The molecule has 0 spiro atoms. The number of nitriles is 1. The van der Waals surface area contributed by atoms with Crippen molar-refractivity contribution in [3.05, 3.63) is 24.3 Å². The molecule has 0 radical (unpaired) electrons. The highest BCUT2D eigenvalue weighted by Crippen LogP contribution is 2.25. The van der Waals surface area contributed by atoms with Gasteiger partial charge in [-0.2, -0.15) is 5.26 Å². The first-order valence-corrected chi connectivity index (χ1v) is 5.96. The molecule has 0 unspecified atom stereocenters. The molecule has 1 rings (SSSR count). The van der Waals surface area contributed by atoms with Crippen molar-refractivity contribution >= 4 is 5.69 Å². The third-order valence-corrected chi connectivity index (χ3v) is 2.56. The molecule has 1 N–H and O–H groups in total. The van der Waals surface area contributed by atoms with Gasteiger partial charge in [-0.05, 0) is 39.3 Å². The van der Waals surface area contributed by atoms with E-state index in [0.29, 0.717) is 6.61 Å². The third kappa shape index (κ3) is 4.36. The van der Waals surface area contributed by atoms with E-state index in [4.69, 9.17) is 10.00 Å². The quantitative estimate of drug-likeness (QED) is 0.817. The van der Waals surface area contributed by atoms with Crippen molar-refractivity contribution in [2.75, 3.05) is 18.5 Å². The Morgan fingerprint density at radius 2 is 2.06 bits per heavy atom. The molecule has 0 aliphatic rings. The van der Waals surface area contributed by atoms with Crippen LogP contribution in [-0.2, 0) is 0 Å². The van der Waals surface area contributed by atoms with Crippen LogP contribution in [0.1, 0.15) is 27.2 Å². The lowest BCUT2D eigenvalue weighted by atomic mass is 9.91. The molecule has 0 heterocycles. The second kappa shape index (κ2) is 6.15. The van der Waals surface area contributed by atoms with Gasteiger partial charge in [0.15, 0.2) is 0 Å². The predicted molar refractivity (Wildman–Crippen MR) is 70.1 cm³/mol. The first-order chi connectivity index (χ1) is 8.09. The zero-order valence-electron chi connectivity index (χ0n) is 10.8. The summed E-state index contributed by atoms with van der Waals surface area (Å²) in [5, 5.41) is 12.2. The zero-order valence-corrected chi connectivity index (χ0v) is 10.8. The number of hydrogen-bond acceptors (Lipinski definition) is 3. The van der Waals surface area contributed by atoms with Gasteiger partial charge in [-0.3, -0.25) is 0 Å². The van der Waals surface area contributed by atoms with Gasteiger partial charge >= 0.3 is 0 Å². The van der Waals surface area contributed by atoms with Crippen LogP contribution >= 0.6 is 0 Å². The Balaban J connectivity index is 2.55. The number of nitrogens with one attached hydrogen (secondary N) is 1. The van der Waals surface area contributed by atoms with Crippen LogP contribution in [0.25, 0.3) is 0 Å². The molecule has 0 aliphatic carbocycles. The number of benzene rings is 1. The largest absolute Gasteiger partial charge is 0.492 e. The maximum atomic E-state index is 8.93. The molecule has 3 nitrogen and oxygen atoms in total. The average Bonchev–Trinajstić information content (AvgIpc) is 2.31. The number of para-hydroxylation sites is 2. The van der Waals surface area contributed by atoms with E-state index in [-0.39, 0.29) is 5.41 Å². The van der Waals surface area contributed by atoms with Gasteiger partial charge in [0.1, 0.15) is 5.75 Å². The van der Waals surface area contributed by atoms with Crippen LogP contribution in [0.2, 0.25) is 0 Å². The molecule has 0 amide bonds. The van der Waals surface area contributed by atoms with Gasteiger partial charge in [0, 0.05) is 6.54 Å². The summed E-state index contributed by atoms with van der Waals surface area (Å²) in [7, 11) is 0. The van der Waals surface area contributed by atoms with Gasteiger partial charge in [-0.25, -0.2) is 0 Å². The van der Waals surface area contributed by atoms with E-state index >= 15 is 0 Å². The zero-order chi connectivity index (χ0) is 12.7. The summed E-state index contributed by atoms with van der Waals surface area (Å²) < 4.78 is 5.52. The van der Waals surface area contributed by atoms with Crippen molar-refractivity contribution in [3.63, 3.8) is 0 Å². The summed E-state index contributed by atoms with van der Waals surface area (Å²) in [6, 6.07) is 10.2. The predicted octanol–water partition coefficient (Wildman–Crippen LogP) is 3.44. The molecular weight excluding hydrogens is 212 g/mol. The fraction of sp³-hybridized carbons (Fsp3) is 0.500. The lowest BCUT2D eigenvalue weighted by Crippen LogP contribution is -2.15. The molecule has 3 heteroatoms.